The number of ketones is 2. The van der Waals surface area contributed by atoms with Gasteiger partial charge in [-0.15, -0.1) is 0 Å². The van der Waals surface area contributed by atoms with Gasteiger partial charge in [0.2, 0.25) is 0 Å². The lowest BCUT2D eigenvalue weighted by atomic mass is 9.87. The second kappa shape index (κ2) is 32.5. The maximum Gasteiger partial charge on any atom is 0.315 e. The predicted molar refractivity (Wildman–Crippen MR) is 386 cm³/mol. The van der Waals surface area contributed by atoms with Crippen LogP contribution in [0.4, 0.5) is 0 Å². The molecule has 96 heavy (non-hydrogen) atoms. The molecule has 0 heterocycles. The molecule has 0 aromatic heterocycles. The molecule has 13 rings (SSSR count). The number of ether oxygens (including phenoxy) is 4. The Bertz CT molecular complexity index is 4850. The topological polar surface area (TPSA) is 139 Å². The minimum Gasteiger partial charge on any atom is -0.469 e. The lowest BCUT2D eigenvalue weighted by Gasteiger charge is -2.21. The van der Waals surface area contributed by atoms with Crippen molar-refractivity contribution in [2.24, 2.45) is 0 Å². The van der Waals surface area contributed by atoms with E-state index < -0.39 is 11.9 Å². The Kier molecular flexibility index (Phi) is 22.8. The van der Waals surface area contributed by atoms with E-state index in [1.807, 2.05) is 256 Å². The summed E-state index contributed by atoms with van der Waals surface area (Å²) in [6.07, 6.45) is 1.48. The van der Waals surface area contributed by atoms with Crippen molar-refractivity contribution < 1.29 is 47.7 Å². The highest BCUT2D eigenvalue weighted by atomic mass is 16.6. The van der Waals surface area contributed by atoms with E-state index in [1.54, 1.807) is 12.1 Å². The zero-order chi connectivity index (χ0) is 67.4. The van der Waals surface area contributed by atoms with Crippen LogP contribution in [-0.4, -0.2) is 49.2 Å². The average Bonchev–Trinajstić information content (AvgIpc) is 0.957. The van der Waals surface area contributed by atoms with Gasteiger partial charge in [0, 0.05) is 12.8 Å². The lowest BCUT2D eigenvalue weighted by molar-refractivity contribution is -0.142. The third-order valence-corrected chi connectivity index (χ3v) is 16.3. The van der Waals surface area contributed by atoms with Crippen molar-refractivity contribution >= 4 is 100 Å². The first kappa shape index (κ1) is 67.5. The Morgan fingerprint density at radius 3 is 0.854 bits per heavy atom. The van der Waals surface area contributed by atoms with Gasteiger partial charge in [-0.05, 0) is 128 Å². The van der Waals surface area contributed by atoms with Crippen LogP contribution < -0.4 is 9.47 Å². The van der Waals surface area contributed by atoms with Crippen LogP contribution in [0.25, 0.3) is 64.6 Å². The van der Waals surface area contributed by atoms with Crippen molar-refractivity contribution in [3.05, 3.63) is 312 Å². The molecule has 13 aromatic carbocycles. The number of methoxy groups -OCH3 is 1. The van der Waals surface area contributed by atoms with Crippen molar-refractivity contribution in [1.82, 2.24) is 0 Å². The predicted octanol–water partition coefficient (Wildman–Crippen LogP) is 18.4. The second-order valence-corrected chi connectivity index (χ2v) is 24.6. The smallest absolute Gasteiger partial charge is 0.315 e. The van der Waals surface area contributed by atoms with Crippen molar-refractivity contribution in [2.75, 3.05) is 13.7 Å². The number of hydrogen-bond acceptors (Lipinski definition) is 10. The van der Waals surface area contributed by atoms with Crippen molar-refractivity contribution in [1.29, 1.82) is 0 Å². The number of hydrogen-bond donors (Lipinski definition) is 0. The third-order valence-electron chi connectivity index (χ3n) is 16.3. The van der Waals surface area contributed by atoms with Crippen molar-refractivity contribution in [3.63, 3.8) is 0 Å². The van der Waals surface area contributed by atoms with Crippen molar-refractivity contribution in [3.8, 4) is 11.5 Å². The molecule has 0 bridgehead atoms. The van der Waals surface area contributed by atoms with Gasteiger partial charge in [0.1, 0.15) is 11.6 Å². The molecule has 0 spiro atoms. The summed E-state index contributed by atoms with van der Waals surface area (Å²) in [5, 5.41) is 13.6. The largest absolute Gasteiger partial charge is 0.469 e. The Morgan fingerprint density at radius 1 is 0.292 bits per heavy atom. The van der Waals surface area contributed by atoms with Crippen LogP contribution in [0.2, 0.25) is 0 Å². The molecule has 10 nitrogen and oxygen atoms in total. The maximum atomic E-state index is 13.0. The third kappa shape index (κ3) is 19.4. The van der Waals surface area contributed by atoms with Gasteiger partial charge in [-0.1, -0.05) is 282 Å². The molecule has 0 saturated heterocycles. The fourth-order valence-electron chi connectivity index (χ4n) is 11.3. The summed E-state index contributed by atoms with van der Waals surface area (Å²) in [4.78, 5) is 73.0. The quantitative estimate of drug-likeness (QED) is 0.0492. The molecular formula is C86H76O10. The Hall–Kier alpha value is -11.4. The van der Waals surface area contributed by atoms with Gasteiger partial charge in [-0.2, -0.15) is 0 Å². The van der Waals surface area contributed by atoms with E-state index in [0.717, 1.165) is 92.8 Å². The molecule has 0 aliphatic heterocycles. The van der Waals surface area contributed by atoms with E-state index >= 15 is 0 Å². The van der Waals surface area contributed by atoms with E-state index in [9.17, 15) is 28.8 Å². The molecule has 0 unspecified atom stereocenters. The number of Topliss-reactive ketones (excluding diaryl/α,β-unsaturated/α-hetero) is 2. The number of carbonyl (C=O) groups is 6. The van der Waals surface area contributed by atoms with Gasteiger partial charge in [-0.3, -0.25) is 28.8 Å². The Balaban J connectivity index is 0.000000150. The highest BCUT2D eigenvalue weighted by molar-refractivity contribution is 6.01. The summed E-state index contributed by atoms with van der Waals surface area (Å²) in [6.45, 7) is 8.49. The zero-order valence-corrected chi connectivity index (χ0v) is 54.7. The van der Waals surface area contributed by atoms with Crippen LogP contribution in [0.15, 0.2) is 273 Å². The Labute approximate surface area is 560 Å². The number of fused-ring (bicyclic) bond motifs is 6. The molecule has 0 aliphatic rings. The first-order valence-corrected chi connectivity index (χ1v) is 32.2. The normalized spacial score (nSPS) is 10.9. The molecule has 0 N–H and O–H groups in total. The molecule has 0 saturated carbocycles. The standard InChI is InChI=1S/C34H30O4.C25H20O2.C14H14O2.C13H12O2/c1-34(2,3)29-16-17-30(37-32(35)20-23-12-14-25-8-4-6-10-27(25)18-23)31(22-29)38-33(36)21-24-13-15-26-9-5-7-11-28(26)19-24;26-24(15-18-9-11-20-5-1-3-7-22(20)13-18)17-25(27)16-19-10-12-21-6-2-4-8-23(21)14-19;1-2-16-14(15)10-11-7-8-12-5-3-4-6-13(12)9-11;1-15-13(14)9-10-6-7-11-4-2-3-5-12(11)8-10/h4-19,22H,20-21H2,1-3H3;1-14H,15-17H2;3-9H,2,10H2,1H3;2-8H,9H2,1H3. The average molecular weight is 1270 g/mol. The molecule has 480 valence electrons. The molecule has 13 aromatic rings. The number of benzene rings is 13. The highest BCUT2D eigenvalue weighted by Crippen LogP contribution is 2.35. The number of rotatable bonds is 17. The molecule has 0 amide bonds. The van der Waals surface area contributed by atoms with Crippen LogP contribution in [0.5, 0.6) is 11.5 Å². The summed E-state index contributed by atoms with van der Waals surface area (Å²) in [7, 11) is 1.41. The molecule has 0 radical (unpaired) electrons. The van der Waals surface area contributed by atoms with Crippen molar-refractivity contribution in [2.45, 2.75) is 78.1 Å². The first-order valence-electron chi connectivity index (χ1n) is 32.2. The number of esters is 4. The van der Waals surface area contributed by atoms with Crippen LogP contribution in [0, 0.1) is 0 Å². The van der Waals surface area contributed by atoms with Gasteiger partial charge < -0.3 is 18.9 Å². The van der Waals surface area contributed by atoms with E-state index in [4.69, 9.17) is 14.2 Å². The van der Waals surface area contributed by atoms with Crippen LogP contribution in [-0.2, 0) is 82.2 Å². The first-order chi connectivity index (χ1) is 46.5. The van der Waals surface area contributed by atoms with Crippen LogP contribution in [0.1, 0.15) is 73.1 Å². The molecular weight excluding hydrogens is 1190 g/mol. The summed E-state index contributed by atoms with van der Waals surface area (Å²) < 4.78 is 21.1. The summed E-state index contributed by atoms with van der Waals surface area (Å²) >= 11 is 0. The SMILES string of the molecule is CC(C)(C)c1ccc(OC(=O)Cc2ccc3ccccc3c2)c(OC(=O)Cc2ccc3ccccc3c2)c1.CCOC(=O)Cc1ccc2ccccc2c1.COC(=O)Cc1ccc2ccccc2c1.O=C(CC(=O)Cc1ccc2ccccc2c1)Cc1ccc2ccccc2c1. The maximum absolute atomic E-state index is 13.0. The van der Waals surface area contributed by atoms with Crippen LogP contribution in [0.3, 0.4) is 0 Å². The lowest BCUT2D eigenvalue weighted by Crippen LogP contribution is -2.17. The highest BCUT2D eigenvalue weighted by Gasteiger charge is 2.21. The Morgan fingerprint density at radius 2 is 0.562 bits per heavy atom. The fraction of sp³-hybridized carbons (Fsp3) is 0.163. The van der Waals surface area contributed by atoms with Gasteiger partial charge in [0.25, 0.3) is 0 Å². The zero-order valence-electron chi connectivity index (χ0n) is 54.7. The van der Waals surface area contributed by atoms with Crippen LogP contribution >= 0.6 is 0 Å². The number of carbonyl (C=O) groups excluding carboxylic acids is 6. The van der Waals surface area contributed by atoms with E-state index in [0.29, 0.717) is 32.3 Å². The molecule has 0 fully saturated rings. The minimum absolute atomic E-state index is 0.0142. The monoisotopic (exact) mass is 1270 g/mol. The minimum atomic E-state index is -0.421. The van der Waals surface area contributed by atoms with Gasteiger partial charge in [0.15, 0.2) is 11.5 Å². The van der Waals surface area contributed by atoms with Gasteiger partial charge in [0.05, 0.1) is 45.8 Å². The van der Waals surface area contributed by atoms with Gasteiger partial charge >= 0.3 is 23.9 Å². The van der Waals surface area contributed by atoms with E-state index in [2.05, 4.69) is 37.6 Å². The van der Waals surface area contributed by atoms with Gasteiger partial charge in [-0.25, -0.2) is 0 Å². The molecule has 10 heteroatoms. The molecule has 0 atom stereocenters. The second-order valence-electron chi connectivity index (χ2n) is 24.6. The summed E-state index contributed by atoms with van der Waals surface area (Å²) in [5.74, 6) is -0.797. The fourth-order valence-corrected chi connectivity index (χ4v) is 11.3. The summed E-state index contributed by atoms with van der Waals surface area (Å²) in [5.41, 5.74) is 6.41. The molecule has 0 aliphatic carbocycles. The summed E-state index contributed by atoms with van der Waals surface area (Å²) in [6, 6.07) is 89.7. The van der Waals surface area contributed by atoms with E-state index in [-0.39, 0.29) is 59.7 Å². The van der Waals surface area contributed by atoms with E-state index in [1.165, 1.54) is 17.9 Å².